The van der Waals surface area contributed by atoms with E-state index in [9.17, 15) is 4.79 Å². The minimum absolute atomic E-state index is 0.113. The van der Waals surface area contributed by atoms with Gasteiger partial charge in [-0.1, -0.05) is 37.3 Å². The Hall–Kier alpha value is -2.37. The van der Waals surface area contributed by atoms with E-state index in [0.717, 1.165) is 50.6 Å². The smallest absolute Gasteiger partial charge is 0.279 e. The van der Waals surface area contributed by atoms with E-state index in [-0.39, 0.29) is 5.91 Å². The number of hydrogen-bond donors (Lipinski definition) is 3. The molecule has 0 spiro atoms. The number of anilines is 1. The fourth-order valence-corrected chi connectivity index (χ4v) is 3.75. The number of hydrogen-bond acceptors (Lipinski definition) is 2. The number of amides is 1. The van der Waals surface area contributed by atoms with Crippen LogP contribution in [0.25, 0.3) is 0 Å². The molecule has 5 nitrogen and oxygen atoms in total. The Morgan fingerprint density at radius 2 is 1.78 bits per heavy atom. The van der Waals surface area contributed by atoms with Crippen molar-refractivity contribution in [2.24, 2.45) is 0 Å². The number of methoxy groups -OCH3 is 1. The SMILES string of the molecule is CCc1ccccc1NC(=O)C[NH+]1CC[NH+](Cc2cccc(OC)c2)CC1. The molecule has 2 aromatic carbocycles. The molecule has 3 rings (SSSR count). The Morgan fingerprint density at radius 3 is 2.52 bits per heavy atom. The number of rotatable bonds is 7. The fourth-order valence-electron chi connectivity index (χ4n) is 3.75. The minimum Gasteiger partial charge on any atom is -0.497 e. The third-order valence-electron chi connectivity index (χ3n) is 5.34. The molecular formula is C22H31N3O2+2. The zero-order chi connectivity index (χ0) is 19.1. The molecule has 1 fully saturated rings. The zero-order valence-electron chi connectivity index (χ0n) is 16.4. The molecule has 0 unspecified atom stereocenters. The van der Waals surface area contributed by atoms with Crippen molar-refractivity contribution in [3.63, 3.8) is 0 Å². The van der Waals surface area contributed by atoms with E-state index in [4.69, 9.17) is 4.74 Å². The molecule has 1 saturated heterocycles. The van der Waals surface area contributed by atoms with Crippen molar-refractivity contribution in [1.29, 1.82) is 0 Å². The van der Waals surface area contributed by atoms with E-state index in [2.05, 4.69) is 30.4 Å². The molecule has 3 N–H and O–H groups in total. The lowest BCUT2D eigenvalue weighted by Crippen LogP contribution is -3.28. The lowest BCUT2D eigenvalue weighted by Gasteiger charge is -2.29. The normalized spacial score (nSPS) is 19.5. The molecule has 27 heavy (non-hydrogen) atoms. The van der Waals surface area contributed by atoms with Crippen LogP contribution in [0.15, 0.2) is 48.5 Å². The molecule has 0 atom stereocenters. The number of carbonyl (C=O) groups excluding carboxylic acids is 1. The summed E-state index contributed by atoms with van der Waals surface area (Å²) in [6.07, 6.45) is 0.926. The predicted molar refractivity (Wildman–Crippen MR) is 107 cm³/mol. The summed E-state index contributed by atoms with van der Waals surface area (Å²) >= 11 is 0. The fraction of sp³-hybridized carbons (Fsp3) is 0.409. The number of quaternary nitrogens is 2. The second-order valence-electron chi connectivity index (χ2n) is 7.26. The Labute approximate surface area is 161 Å². The standard InChI is InChI=1S/C22H29N3O2/c1-3-19-8-4-5-10-21(19)23-22(26)17-25-13-11-24(12-14-25)16-18-7-6-9-20(15-18)27-2/h4-10,15H,3,11-14,16-17H2,1-2H3,(H,23,26)/p+2. The third-order valence-corrected chi connectivity index (χ3v) is 5.34. The summed E-state index contributed by atoms with van der Waals surface area (Å²) in [5.41, 5.74) is 3.45. The molecule has 0 radical (unpaired) electrons. The van der Waals surface area contributed by atoms with Crippen LogP contribution in [0.5, 0.6) is 5.75 Å². The number of aryl methyl sites for hydroxylation is 1. The molecule has 1 amide bonds. The number of nitrogens with one attached hydrogen (secondary N) is 3. The first-order valence-electron chi connectivity index (χ1n) is 9.85. The largest absolute Gasteiger partial charge is 0.497 e. The Morgan fingerprint density at radius 1 is 1.04 bits per heavy atom. The molecule has 0 bridgehead atoms. The van der Waals surface area contributed by atoms with Crippen molar-refractivity contribution in [3.8, 4) is 5.75 Å². The van der Waals surface area contributed by atoms with Crippen LogP contribution in [0.2, 0.25) is 0 Å². The second kappa shape index (κ2) is 9.53. The lowest BCUT2D eigenvalue weighted by atomic mass is 10.1. The van der Waals surface area contributed by atoms with Crippen LogP contribution in [-0.2, 0) is 17.8 Å². The summed E-state index contributed by atoms with van der Waals surface area (Å²) < 4.78 is 5.31. The van der Waals surface area contributed by atoms with Crippen molar-refractivity contribution in [3.05, 3.63) is 59.7 Å². The van der Waals surface area contributed by atoms with Crippen LogP contribution in [0.4, 0.5) is 5.69 Å². The van der Waals surface area contributed by atoms with Crippen molar-refractivity contribution < 1.29 is 19.3 Å². The monoisotopic (exact) mass is 369 g/mol. The van der Waals surface area contributed by atoms with Gasteiger partial charge in [0, 0.05) is 11.3 Å². The van der Waals surface area contributed by atoms with Gasteiger partial charge in [0.1, 0.15) is 38.5 Å². The summed E-state index contributed by atoms with van der Waals surface area (Å²) in [5, 5.41) is 3.09. The van der Waals surface area contributed by atoms with Crippen molar-refractivity contribution in [1.82, 2.24) is 0 Å². The Kier molecular flexibility index (Phi) is 6.85. The van der Waals surface area contributed by atoms with Crippen LogP contribution >= 0.6 is 0 Å². The average molecular weight is 370 g/mol. The van der Waals surface area contributed by atoms with Gasteiger partial charge in [-0.05, 0) is 30.2 Å². The zero-order valence-corrected chi connectivity index (χ0v) is 16.4. The van der Waals surface area contributed by atoms with Crippen molar-refractivity contribution in [2.45, 2.75) is 19.9 Å². The highest BCUT2D eigenvalue weighted by molar-refractivity contribution is 5.92. The van der Waals surface area contributed by atoms with E-state index < -0.39 is 0 Å². The van der Waals surface area contributed by atoms with Crippen LogP contribution in [0.1, 0.15) is 18.1 Å². The van der Waals surface area contributed by atoms with Crippen LogP contribution in [-0.4, -0.2) is 45.7 Å². The molecule has 2 aromatic rings. The number of piperazine rings is 1. The highest BCUT2D eigenvalue weighted by Crippen LogP contribution is 2.15. The lowest BCUT2D eigenvalue weighted by molar-refractivity contribution is -1.02. The van der Waals surface area contributed by atoms with Crippen molar-refractivity contribution in [2.75, 3.05) is 45.2 Å². The quantitative estimate of drug-likeness (QED) is 0.652. The molecule has 0 aromatic heterocycles. The molecule has 1 aliphatic heterocycles. The van der Waals surface area contributed by atoms with Gasteiger partial charge in [0.15, 0.2) is 6.54 Å². The highest BCUT2D eigenvalue weighted by Gasteiger charge is 2.25. The molecule has 1 aliphatic rings. The third kappa shape index (κ3) is 5.55. The average Bonchev–Trinajstić information content (AvgIpc) is 2.70. The van der Waals surface area contributed by atoms with E-state index in [1.807, 2.05) is 30.3 Å². The number of para-hydroxylation sites is 1. The maximum absolute atomic E-state index is 12.4. The number of benzene rings is 2. The second-order valence-corrected chi connectivity index (χ2v) is 7.26. The van der Waals surface area contributed by atoms with Gasteiger partial charge >= 0.3 is 0 Å². The van der Waals surface area contributed by atoms with Gasteiger partial charge < -0.3 is 19.9 Å². The van der Waals surface area contributed by atoms with Gasteiger partial charge in [0.05, 0.1) is 7.11 Å². The van der Waals surface area contributed by atoms with Gasteiger partial charge in [0.2, 0.25) is 0 Å². The number of carbonyl (C=O) groups is 1. The summed E-state index contributed by atoms with van der Waals surface area (Å²) in [6, 6.07) is 16.4. The van der Waals surface area contributed by atoms with Crippen LogP contribution in [0.3, 0.4) is 0 Å². The highest BCUT2D eigenvalue weighted by atomic mass is 16.5. The maximum atomic E-state index is 12.4. The van der Waals surface area contributed by atoms with Crippen LogP contribution in [0, 0.1) is 0 Å². The van der Waals surface area contributed by atoms with Crippen LogP contribution < -0.4 is 19.9 Å². The van der Waals surface area contributed by atoms with Gasteiger partial charge in [0.25, 0.3) is 5.91 Å². The van der Waals surface area contributed by atoms with E-state index in [1.54, 1.807) is 12.0 Å². The summed E-state index contributed by atoms with van der Waals surface area (Å²) in [4.78, 5) is 15.4. The first kappa shape index (κ1) is 19.4. The molecule has 144 valence electrons. The Bertz CT molecular complexity index is 755. The molecule has 0 aliphatic carbocycles. The summed E-state index contributed by atoms with van der Waals surface area (Å²) in [7, 11) is 1.71. The van der Waals surface area contributed by atoms with Crippen molar-refractivity contribution >= 4 is 11.6 Å². The van der Waals surface area contributed by atoms with E-state index in [0.29, 0.717) is 6.54 Å². The van der Waals surface area contributed by atoms with E-state index >= 15 is 0 Å². The molecular weight excluding hydrogens is 338 g/mol. The topological polar surface area (TPSA) is 47.2 Å². The van der Waals surface area contributed by atoms with E-state index in [1.165, 1.54) is 16.0 Å². The minimum atomic E-state index is 0.113. The maximum Gasteiger partial charge on any atom is 0.279 e. The number of ether oxygens (including phenoxy) is 1. The Balaban J connectivity index is 1.45. The first-order chi connectivity index (χ1) is 13.2. The van der Waals surface area contributed by atoms with Gasteiger partial charge in [-0.2, -0.15) is 0 Å². The summed E-state index contributed by atoms with van der Waals surface area (Å²) in [6.45, 7) is 7.91. The molecule has 5 heteroatoms. The first-order valence-corrected chi connectivity index (χ1v) is 9.85. The predicted octanol–water partition coefficient (Wildman–Crippen LogP) is 0.180. The molecule has 1 heterocycles. The van der Waals surface area contributed by atoms with Gasteiger partial charge in [-0.15, -0.1) is 0 Å². The van der Waals surface area contributed by atoms with Gasteiger partial charge in [-0.25, -0.2) is 0 Å². The molecule has 0 saturated carbocycles. The van der Waals surface area contributed by atoms with Gasteiger partial charge in [-0.3, -0.25) is 4.79 Å². The summed E-state index contributed by atoms with van der Waals surface area (Å²) in [5.74, 6) is 1.03.